The highest BCUT2D eigenvalue weighted by Crippen LogP contribution is 2.32. The summed E-state index contributed by atoms with van der Waals surface area (Å²) in [6.07, 6.45) is 0. The van der Waals surface area contributed by atoms with Crippen LogP contribution in [-0.2, 0) is 0 Å². The van der Waals surface area contributed by atoms with Crippen LogP contribution in [0.15, 0.2) is 70.3 Å². The third kappa shape index (κ3) is 5.38. The Morgan fingerprint density at radius 3 is 2.62 bits per heavy atom. The van der Waals surface area contributed by atoms with Crippen LogP contribution in [0.5, 0.6) is 11.5 Å². The molecule has 0 atom stereocenters. The Balaban J connectivity index is 1.47. The third-order valence-electron chi connectivity index (χ3n) is 4.41. The van der Waals surface area contributed by atoms with Gasteiger partial charge in [-0.3, -0.25) is 4.79 Å². The van der Waals surface area contributed by atoms with Crippen molar-refractivity contribution in [3.8, 4) is 11.5 Å². The van der Waals surface area contributed by atoms with Crippen LogP contribution in [-0.4, -0.2) is 16.6 Å². The highest BCUT2D eigenvalue weighted by Gasteiger charge is 2.16. The zero-order chi connectivity index (χ0) is 22.7. The molecule has 0 unspecified atom stereocenters. The van der Waals surface area contributed by atoms with Gasteiger partial charge in [0.15, 0.2) is 5.58 Å². The minimum absolute atomic E-state index is 0.276. The van der Waals surface area contributed by atoms with Crippen LogP contribution in [0.2, 0.25) is 10.0 Å². The number of ether oxygens (including phenoxy) is 1. The number of thioether (sulfide) groups is 1. The first-order chi connectivity index (χ1) is 15.4. The number of fused-ring (bicyclic) bond motifs is 1. The summed E-state index contributed by atoms with van der Waals surface area (Å²) in [5.74, 6) is 2.21. The number of hydrogen-bond acceptors (Lipinski definition) is 5. The maximum Gasteiger partial charge on any atom is 0.259 e. The van der Waals surface area contributed by atoms with Gasteiger partial charge in [0.1, 0.15) is 17.0 Å². The maximum absolute atomic E-state index is 12.9. The molecule has 8 heteroatoms. The number of aromatic nitrogens is 1. The molecule has 1 N–H and O–H groups in total. The van der Waals surface area contributed by atoms with E-state index in [0.717, 1.165) is 5.75 Å². The minimum Gasteiger partial charge on any atom is -0.456 e. The van der Waals surface area contributed by atoms with Crippen molar-refractivity contribution in [2.24, 2.45) is 5.92 Å². The number of halogens is 2. The van der Waals surface area contributed by atoms with Crippen LogP contribution in [0.25, 0.3) is 11.1 Å². The quantitative estimate of drug-likeness (QED) is 0.268. The number of oxazole rings is 1. The summed E-state index contributed by atoms with van der Waals surface area (Å²) in [5, 5.41) is 4.41. The predicted octanol–water partition coefficient (Wildman–Crippen LogP) is 7.93. The van der Waals surface area contributed by atoms with Crippen LogP contribution in [0, 0.1) is 5.92 Å². The Kier molecular flexibility index (Phi) is 6.94. The van der Waals surface area contributed by atoms with Gasteiger partial charge < -0.3 is 14.5 Å². The topological polar surface area (TPSA) is 64.4 Å². The number of nitrogens with zero attached hydrogens (tertiary/aromatic N) is 1. The second-order valence-corrected chi connectivity index (χ2v) is 9.31. The van der Waals surface area contributed by atoms with E-state index in [9.17, 15) is 4.79 Å². The molecular weight excluding hydrogens is 467 g/mol. The molecule has 0 bridgehead atoms. The predicted molar refractivity (Wildman–Crippen MR) is 131 cm³/mol. The van der Waals surface area contributed by atoms with Crippen LogP contribution in [0.4, 0.5) is 5.69 Å². The number of benzene rings is 3. The van der Waals surface area contributed by atoms with Crippen LogP contribution in [0.1, 0.15) is 24.2 Å². The fourth-order valence-electron chi connectivity index (χ4n) is 2.90. The Labute approximate surface area is 200 Å². The molecule has 3 aromatic carbocycles. The number of hydrogen-bond donors (Lipinski definition) is 1. The van der Waals surface area contributed by atoms with E-state index in [2.05, 4.69) is 24.1 Å². The molecule has 1 heterocycles. The van der Waals surface area contributed by atoms with Gasteiger partial charge in [-0.2, -0.15) is 0 Å². The molecule has 5 nitrogen and oxygen atoms in total. The fourth-order valence-corrected chi connectivity index (χ4v) is 4.12. The molecule has 0 saturated carbocycles. The molecular formula is C24H20Cl2N2O3S. The Bertz CT molecular complexity index is 1260. The standard InChI is InChI=1S/C24H20Cl2N2O3S/c1-14(2)13-32-24-28-20-5-3-4-18(22(20)31-24)23(29)27-16-7-9-17(10-8-16)30-21-11-6-15(25)12-19(21)26/h3-12,14H,13H2,1-2H3,(H,27,29). The van der Waals surface area contributed by atoms with Gasteiger partial charge in [-0.15, -0.1) is 0 Å². The van der Waals surface area contributed by atoms with Gasteiger partial charge in [-0.05, 0) is 60.5 Å². The van der Waals surface area contributed by atoms with Crippen LogP contribution >= 0.6 is 35.0 Å². The van der Waals surface area contributed by atoms with Crippen molar-refractivity contribution >= 4 is 57.7 Å². The monoisotopic (exact) mass is 486 g/mol. The summed E-state index contributed by atoms with van der Waals surface area (Å²) in [4.78, 5) is 17.4. The summed E-state index contributed by atoms with van der Waals surface area (Å²) in [6.45, 7) is 4.27. The first kappa shape index (κ1) is 22.5. The largest absolute Gasteiger partial charge is 0.456 e. The molecule has 1 amide bonds. The van der Waals surface area contributed by atoms with Crippen molar-refractivity contribution in [3.63, 3.8) is 0 Å². The first-order valence-corrected chi connectivity index (χ1v) is 11.7. The number of nitrogens with one attached hydrogen (secondary N) is 1. The number of para-hydroxylation sites is 1. The fraction of sp³-hybridized carbons (Fsp3) is 0.167. The van der Waals surface area contributed by atoms with Crippen LogP contribution in [0.3, 0.4) is 0 Å². The average Bonchev–Trinajstić information content (AvgIpc) is 3.18. The zero-order valence-corrected chi connectivity index (χ0v) is 19.7. The lowest BCUT2D eigenvalue weighted by Crippen LogP contribution is -2.12. The lowest BCUT2D eigenvalue weighted by Gasteiger charge is -2.09. The van der Waals surface area contributed by atoms with E-state index < -0.39 is 0 Å². The van der Waals surface area contributed by atoms with E-state index in [-0.39, 0.29) is 5.91 Å². The number of anilines is 1. The molecule has 0 spiro atoms. The van der Waals surface area contributed by atoms with Gasteiger partial charge in [0.05, 0.1) is 10.6 Å². The normalized spacial score (nSPS) is 11.2. The zero-order valence-electron chi connectivity index (χ0n) is 17.4. The van der Waals surface area contributed by atoms with E-state index >= 15 is 0 Å². The smallest absolute Gasteiger partial charge is 0.259 e. The number of carbonyl (C=O) groups is 1. The number of rotatable bonds is 7. The molecule has 4 aromatic rings. The lowest BCUT2D eigenvalue weighted by molar-refractivity contribution is 0.102. The van der Waals surface area contributed by atoms with E-state index in [4.69, 9.17) is 32.4 Å². The summed E-state index contributed by atoms with van der Waals surface area (Å²) in [7, 11) is 0. The summed E-state index contributed by atoms with van der Waals surface area (Å²) < 4.78 is 11.6. The number of carbonyl (C=O) groups excluding carboxylic acids is 1. The van der Waals surface area contributed by atoms with Gasteiger partial charge in [-0.25, -0.2) is 4.98 Å². The van der Waals surface area contributed by atoms with Crippen molar-refractivity contribution in [3.05, 3.63) is 76.3 Å². The molecule has 0 aliphatic rings. The van der Waals surface area contributed by atoms with E-state index in [1.54, 1.807) is 66.4 Å². The first-order valence-electron chi connectivity index (χ1n) is 9.95. The Morgan fingerprint density at radius 2 is 1.91 bits per heavy atom. The molecule has 0 fully saturated rings. The second-order valence-electron chi connectivity index (χ2n) is 7.49. The third-order valence-corrected chi connectivity index (χ3v) is 6.20. The molecule has 4 rings (SSSR count). The SMILES string of the molecule is CC(C)CSc1nc2cccc(C(=O)Nc3ccc(Oc4ccc(Cl)cc4Cl)cc3)c2o1. The molecule has 0 aliphatic heterocycles. The highest BCUT2D eigenvalue weighted by molar-refractivity contribution is 7.99. The number of amides is 1. The van der Waals surface area contributed by atoms with Gasteiger partial charge >= 0.3 is 0 Å². The van der Waals surface area contributed by atoms with E-state index in [1.807, 2.05) is 6.07 Å². The Hall–Kier alpha value is -2.67. The van der Waals surface area contributed by atoms with Gasteiger partial charge in [0.2, 0.25) is 0 Å². The van der Waals surface area contributed by atoms with Crippen molar-refractivity contribution in [1.29, 1.82) is 0 Å². The van der Waals surface area contributed by atoms with Crippen molar-refractivity contribution in [2.75, 3.05) is 11.1 Å². The summed E-state index contributed by atoms with van der Waals surface area (Å²) in [5.41, 5.74) is 2.19. The highest BCUT2D eigenvalue weighted by atomic mass is 35.5. The summed E-state index contributed by atoms with van der Waals surface area (Å²) >= 11 is 13.6. The van der Waals surface area contributed by atoms with E-state index in [0.29, 0.717) is 55.0 Å². The summed E-state index contributed by atoms with van der Waals surface area (Å²) in [6, 6.07) is 17.4. The molecule has 1 aromatic heterocycles. The van der Waals surface area contributed by atoms with Gasteiger partial charge in [-0.1, -0.05) is 54.9 Å². The molecule has 0 saturated heterocycles. The lowest BCUT2D eigenvalue weighted by atomic mass is 10.2. The maximum atomic E-state index is 12.9. The Morgan fingerprint density at radius 1 is 1.12 bits per heavy atom. The van der Waals surface area contributed by atoms with Gasteiger partial charge in [0, 0.05) is 16.5 Å². The average molecular weight is 487 g/mol. The van der Waals surface area contributed by atoms with E-state index in [1.165, 1.54) is 0 Å². The molecule has 0 aliphatic carbocycles. The second kappa shape index (κ2) is 9.86. The van der Waals surface area contributed by atoms with Gasteiger partial charge in [0.25, 0.3) is 11.1 Å². The van der Waals surface area contributed by atoms with Crippen LogP contribution < -0.4 is 10.1 Å². The van der Waals surface area contributed by atoms with Crippen molar-refractivity contribution in [2.45, 2.75) is 19.1 Å². The van der Waals surface area contributed by atoms with Crippen molar-refractivity contribution < 1.29 is 13.9 Å². The molecule has 0 radical (unpaired) electrons. The minimum atomic E-state index is -0.276. The van der Waals surface area contributed by atoms with Crippen molar-refractivity contribution in [1.82, 2.24) is 4.98 Å². The molecule has 164 valence electrons. The molecule has 32 heavy (non-hydrogen) atoms.